The van der Waals surface area contributed by atoms with Gasteiger partial charge in [0, 0.05) is 6.04 Å². The van der Waals surface area contributed by atoms with Crippen LogP contribution in [0, 0.1) is 0 Å². The van der Waals surface area contributed by atoms with E-state index in [4.69, 9.17) is 5.73 Å². The molecule has 0 amide bonds. The molecule has 0 unspecified atom stereocenters. The fourth-order valence-corrected chi connectivity index (χ4v) is 1.24. The molecule has 2 nitrogen and oxygen atoms in total. The van der Waals surface area contributed by atoms with E-state index in [9.17, 15) is 8.78 Å². The molecule has 1 rings (SSSR count). The number of hydrogen-bond donors (Lipinski definition) is 1. The molecule has 0 aliphatic heterocycles. The zero-order valence-electron chi connectivity index (χ0n) is 5.59. The average Bonchev–Trinajstić information content (AvgIpc) is 2.13. The molecule has 0 radical (unpaired) electrons. The van der Waals surface area contributed by atoms with Gasteiger partial charge in [-0.2, -0.15) is 8.78 Å². The zero-order valence-corrected chi connectivity index (χ0v) is 5.59. The van der Waals surface area contributed by atoms with E-state index in [1.807, 2.05) is 0 Å². The van der Waals surface area contributed by atoms with Gasteiger partial charge >= 0.3 is 6.61 Å². The first-order valence-electron chi connectivity index (χ1n) is 3.37. The third-order valence-corrected chi connectivity index (χ3v) is 1.72. The smallest absolute Gasteiger partial charge is 0.328 e. The van der Waals surface area contributed by atoms with E-state index in [0.29, 0.717) is 12.8 Å². The van der Waals surface area contributed by atoms with Crippen molar-refractivity contribution in [1.82, 2.24) is 0 Å². The molecule has 2 atom stereocenters. The molecule has 2 N–H and O–H groups in total. The number of rotatable bonds is 2. The maximum atomic E-state index is 11.6. The van der Waals surface area contributed by atoms with Gasteiger partial charge in [-0.15, -0.1) is 0 Å². The summed E-state index contributed by atoms with van der Waals surface area (Å²) in [5, 5.41) is 0. The Morgan fingerprint density at radius 1 is 1.40 bits per heavy atom. The molecule has 1 aliphatic rings. The SMILES string of the molecule is N[C@H]1CC[C@@H](OC(F)F)C1. The fourth-order valence-electron chi connectivity index (χ4n) is 1.24. The van der Waals surface area contributed by atoms with Gasteiger partial charge in [0.15, 0.2) is 0 Å². The van der Waals surface area contributed by atoms with E-state index in [-0.39, 0.29) is 12.1 Å². The minimum Gasteiger partial charge on any atom is -0.328 e. The van der Waals surface area contributed by atoms with Crippen molar-refractivity contribution in [2.24, 2.45) is 5.73 Å². The van der Waals surface area contributed by atoms with Crippen LogP contribution in [-0.4, -0.2) is 18.8 Å². The van der Waals surface area contributed by atoms with E-state index in [1.165, 1.54) is 0 Å². The summed E-state index contributed by atoms with van der Waals surface area (Å²) in [5.41, 5.74) is 5.48. The van der Waals surface area contributed by atoms with Crippen LogP contribution in [0.1, 0.15) is 19.3 Å². The standard InChI is InChI=1S/C6H11F2NO/c7-6(8)10-5-2-1-4(9)3-5/h4-6H,1-3,9H2/t4-,5+/m0/s1. The van der Waals surface area contributed by atoms with Crippen LogP contribution in [0.25, 0.3) is 0 Å². The third kappa shape index (κ3) is 2.19. The molecule has 1 aliphatic carbocycles. The topological polar surface area (TPSA) is 35.2 Å². The number of alkyl halides is 2. The van der Waals surface area contributed by atoms with Crippen molar-refractivity contribution < 1.29 is 13.5 Å². The van der Waals surface area contributed by atoms with Gasteiger partial charge in [0.25, 0.3) is 0 Å². The van der Waals surface area contributed by atoms with Crippen LogP contribution in [-0.2, 0) is 4.74 Å². The Labute approximate surface area is 58.3 Å². The largest absolute Gasteiger partial charge is 0.345 e. The number of ether oxygens (including phenoxy) is 1. The van der Waals surface area contributed by atoms with Gasteiger partial charge in [-0.3, -0.25) is 0 Å². The summed E-state index contributed by atoms with van der Waals surface area (Å²) in [5.74, 6) is 0. The van der Waals surface area contributed by atoms with Crippen molar-refractivity contribution >= 4 is 0 Å². The van der Waals surface area contributed by atoms with Crippen LogP contribution >= 0.6 is 0 Å². The molecule has 4 heteroatoms. The van der Waals surface area contributed by atoms with Crippen molar-refractivity contribution in [2.75, 3.05) is 0 Å². The highest BCUT2D eigenvalue weighted by molar-refractivity contribution is 4.77. The zero-order chi connectivity index (χ0) is 7.56. The van der Waals surface area contributed by atoms with E-state index >= 15 is 0 Å². The van der Waals surface area contributed by atoms with Gasteiger partial charge in [-0.05, 0) is 19.3 Å². The van der Waals surface area contributed by atoms with Crippen LogP contribution in [0.2, 0.25) is 0 Å². The minimum absolute atomic E-state index is 0.0590. The number of halogens is 2. The predicted octanol–water partition coefficient (Wildman–Crippen LogP) is 1.11. The van der Waals surface area contributed by atoms with E-state index < -0.39 is 6.61 Å². The summed E-state index contributed by atoms with van der Waals surface area (Å²) < 4.78 is 27.4. The maximum Gasteiger partial charge on any atom is 0.345 e. The molecule has 0 saturated heterocycles. The Balaban J connectivity index is 2.18. The molecule has 0 aromatic rings. The van der Waals surface area contributed by atoms with Crippen LogP contribution in [0.3, 0.4) is 0 Å². The van der Waals surface area contributed by atoms with Gasteiger partial charge < -0.3 is 10.5 Å². The van der Waals surface area contributed by atoms with Crippen molar-refractivity contribution in [2.45, 2.75) is 38.0 Å². The lowest BCUT2D eigenvalue weighted by Gasteiger charge is -2.08. The lowest BCUT2D eigenvalue weighted by molar-refractivity contribution is -0.160. The second kappa shape index (κ2) is 3.25. The molecule has 1 fully saturated rings. The molecular formula is C6H11F2NO. The molecule has 0 heterocycles. The first-order valence-corrected chi connectivity index (χ1v) is 3.37. The van der Waals surface area contributed by atoms with Gasteiger partial charge in [0.1, 0.15) is 0 Å². The van der Waals surface area contributed by atoms with Gasteiger partial charge in [-0.25, -0.2) is 0 Å². The Morgan fingerprint density at radius 2 is 2.10 bits per heavy atom. The lowest BCUT2D eigenvalue weighted by Crippen LogP contribution is -2.18. The van der Waals surface area contributed by atoms with Crippen molar-refractivity contribution in [1.29, 1.82) is 0 Å². The molecule has 0 aromatic heterocycles. The van der Waals surface area contributed by atoms with Crippen molar-refractivity contribution in [3.05, 3.63) is 0 Å². The summed E-state index contributed by atoms with van der Waals surface area (Å²) in [6.07, 6.45) is 1.74. The number of nitrogens with two attached hydrogens (primary N) is 1. The lowest BCUT2D eigenvalue weighted by atomic mass is 10.3. The summed E-state index contributed by atoms with van der Waals surface area (Å²) in [4.78, 5) is 0. The summed E-state index contributed by atoms with van der Waals surface area (Å²) in [7, 11) is 0. The van der Waals surface area contributed by atoms with Crippen LogP contribution in [0.15, 0.2) is 0 Å². The fraction of sp³-hybridized carbons (Fsp3) is 1.00. The summed E-state index contributed by atoms with van der Waals surface area (Å²) in [6, 6.07) is 0.0590. The third-order valence-electron chi connectivity index (χ3n) is 1.72. The Morgan fingerprint density at radius 3 is 2.50 bits per heavy atom. The highest BCUT2D eigenvalue weighted by Crippen LogP contribution is 2.21. The summed E-state index contributed by atoms with van der Waals surface area (Å²) >= 11 is 0. The normalized spacial score (nSPS) is 33.6. The Hall–Kier alpha value is -0.220. The number of hydrogen-bond acceptors (Lipinski definition) is 2. The second-order valence-corrected chi connectivity index (χ2v) is 2.59. The first kappa shape index (κ1) is 7.88. The highest BCUT2D eigenvalue weighted by atomic mass is 19.3. The average molecular weight is 151 g/mol. The Kier molecular flexibility index (Phi) is 2.56. The molecule has 10 heavy (non-hydrogen) atoms. The van der Waals surface area contributed by atoms with Crippen LogP contribution in [0.5, 0.6) is 0 Å². The Bertz CT molecular complexity index is 110. The van der Waals surface area contributed by atoms with E-state index in [2.05, 4.69) is 4.74 Å². The minimum atomic E-state index is -2.64. The predicted molar refractivity (Wildman–Crippen MR) is 32.7 cm³/mol. The maximum absolute atomic E-state index is 11.6. The second-order valence-electron chi connectivity index (χ2n) is 2.59. The summed E-state index contributed by atoms with van der Waals surface area (Å²) in [6.45, 7) is -2.64. The van der Waals surface area contributed by atoms with Gasteiger partial charge in [-0.1, -0.05) is 0 Å². The van der Waals surface area contributed by atoms with Crippen LogP contribution in [0.4, 0.5) is 8.78 Å². The van der Waals surface area contributed by atoms with E-state index in [0.717, 1.165) is 6.42 Å². The molecular weight excluding hydrogens is 140 g/mol. The van der Waals surface area contributed by atoms with Crippen molar-refractivity contribution in [3.8, 4) is 0 Å². The molecule has 0 spiro atoms. The molecule has 60 valence electrons. The van der Waals surface area contributed by atoms with Gasteiger partial charge in [0.2, 0.25) is 0 Å². The monoisotopic (exact) mass is 151 g/mol. The van der Waals surface area contributed by atoms with E-state index in [1.54, 1.807) is 0 Å². The quantitative estimate of drug-likeness (QED) is 0.641. The molecule has 1 saturated carbocycles. The highest BCUT2D eigenvalue weighted by Gasteiger charge is 2.24. The first-order chi connectivity index (χ1) is 4.68. The van der Waals surface area contributed by atoms with Crippen molar-refractivity contribution in [3.63, 3.8) is 0 Å². The molecule has 0 aromatic carbocycles. The van der Waals surface area contributed by atoms with Crippen LogP contribution < -0.4 is 5.73 Å². The molecule has 0 bridgehead atoms. The van der Waals surface area contributed by atoms with Gasteiger partial charge in [0.05, 0.1) is 6.10 Å².